The molecule has 2 N–H and O–H groups in total. The van der Waals surface area contributed by atoms with E-state index in [2.05, 4.69) is 5.32 Å². The summed E-state index contributed by atoms with van der Waals surface area (Å²) in [7, 11) is 0. The van der Waals surface area contributed by atoms with Gasteiger partial charge in [-0.25, -0.2) is 0 Å². The third-order valence-corrected chi connectivity index (χ3v) is 4.32. The molecular formula is C13H17NO2S. The maximum absolute atomic E-state index is 11.2. The Morgan fingerprint density at radius 2 is 2.06 bits per heavy atom. The van der Waals surface area contributed by atoms with Crippen LogP contribution >= 0.6 is 11.8 Å². The molecule has 0 saturated heterocycles. The van der Waals surface area contributed by atoms with Gasteiger partial charge >= 0.3 is 0 Å². The lowest BCUT2D eigenvalue weighted by molar-refractivity contribution is -0.118. The number of aliphatic hydroxyl groups excluding tert-OH is 1. The number of nitrogens with one attached hydrogen (secondary N) is 1. The molecule has 0 aromatic heterocycles. The van der Waals surface area contributed by atoms with E-state index in [0.29, 0.717) is 5.25 Å². The Balaban J connectivity index is 2.06. The molecule has 17 heavy (non-hydrogen) atoms. The standard InChI is InChI=1S/C13H17NO2S/c15-9-13(16)14-11-7-3-4-8-12(11)17-10-5-1-2-6-10/h3-4,7-8,10,15H,1-2,5-6,9H2,(H,14,16). The van der Waals surface area contributed by atoms with Gasteiger partial charge in [-0.2, -0.15) is 0 Å². The van der Waals surface area contributed by atoms with Gasteiger partial charge in [0.05, 0.1) is 5.69 Å². The minimum atomic E-state index is -0.470. The van der Waals surface area contributed by atoms with Gasteiger partial charge < -0.3 is 10.4 Å². The summed E-state index contributed by atoms with van der Waals surface area (Å²) in [5, 5.41) is 12.1. The summed E-state index contributed by atoms with van der Waals surface area (Å²) in [6.45, 7) is -0.470. The molecule has 1 aliphatic carbocycles. The molecule has 0 heterocycles. The number of aliphatic hydroxyl groups is 1. The van der Waals surface area contributed by atoms with Crippen molar-refractivity contribution in [3.63, 3.8) is 0 Å². The first kappa shape index (κ1) is 12.5. The molecule has 0 unspecified atom stereocenters. The van der Waals surface area contributed by atoms with Crippen molar-refractivity contribution < 1.29 is 9.90 Å². The Hall–Kier alpha value is -1.00. The summed E-state index contributed by atoms with van der Waals surface area (Å²) in [5.74, 6) is -0.357. The molecule has 4 heteroatoms. The molecule has 1 fully saturated rings. The van der Waals surface area contributed by atoms with E-state index >= 15 is 0 Å². The lowest BCUT2D eigenvalue weighted by Crippen LogP contribution is -2.16. The average Bonchev–Trinajstić information content (AvgIpc) is 2.84. The minimum Gasteiger partial charge on any atom is -0.387 e. The molecule has 3 nitrogen and oxygen atoms in total. The van der Waals surface area contributed by atoms with E-state index in [1.54, 1.807) is 0 Å². The summed E-state index contributed by atoms with van der Waals surface area (Å²) in [5.41, 5.74) is 0.809. The molecule has 2 rings (SSSR count). The van der Waals surface area contributed by atoms with Crippen LogP contribution in [0.2, 0.25) is 0 Å². The molecule has 0 atom stereocenters. The van der Waals surface area contributed by atoms with Crippen LogP contribution < -0.4 is 5.32 Å². The van der Waals surface area contributed by atoms with Crippen LogP contribution in [0.4, 0.5) is 5.69 Å². The van der Waals surface area contributed by atoms with Crippen molar-refractivity contribution in [3.8, 4) is 0 Å². The Morgan fingerprint density at radius 3 is 2.76 bits per heavy atom. The summed E-state index contributed by atoms with van der Waals surface area (Å²) in [6, 6.07) is 7.78. The van der Waals surface area contributed by atoms with Crippen LogP contribution in [-0.2, 0) is 4.79 Å². The fourth-order valence-corrected chi connectivity index (χ4v) is 3.38. The van der Waals surface area contributed by atoms with Crippen molar-refractivity contribution in [3.05, 3.63) is 24.3 Å². The van der Waals surface area contributed by atoms with Crippen molar-refractivity contribution >= 4 is 23.4 Å². The molecule has 1 amide bonds. The first-order chi connectivity index (χ1) is 8.29. The van der Waals surface area contributed by atoms with Crippen molar-refractivity contribution in [2.24, 2.45) is 0 Å². The highest BCUT2D eigenvalue weighted by Crippen LogP contribution is 2.37. The smallest absolute Gasteiger partial charge is 0.250 e. The van der Waals surface area contributed by atoms with Crippen molar-refractivity contribution in [2.75, 3.05) is 11.9 Å². The van der Waals surface area contributed by atoms with Gasteiger partial charge in [0.25, 0.3) is 0 Å². The Kier molecular flexibility index (Phi) is 4.45. The van der Waals surface area contributed by atoms with E-state index in [0.717, 1.165) is 10.6 Å². The van der Waals surface area contributed by atoms with Gasteiger partial charge in [0, 0.05) is 10.1 Å². The lowest BCUT2D eigenvalue weighted by Gasteiger charge is -2.13. The first-order valence-corrected chi connectivity index (χ1v) is 6.84. The number of rotatable bonds is 4. The van der Waals surface area contributed by atoms with Crippen LogP contribution in [0.1, 0.15) is 25.7 Å². The molecule has 92 valence electrons. The van der Waals surface area contributed by atoms with Crippen molar-refractivity contribution in [2.45, 2.75) is 35.8 Å². The zero-order valence-electron chi connectivity index (χ0n) is 9.69. The van der Waals surface area contributed by atoms with E-state index in [9.17, 15) is 4.79 Å². The van der Waals surface area contributed by atoms with Crippen molar-refractivity contribution in [1.82, 2.24) is 0 Å². The minimum absolute atomic E-state index is 0.357. The van der Waals surface area contributed by atoms with Crippen LogP contribution in [0.3, 0.4) is 0 Å². The van der Waals surface area contributed by atoms with Gasteiger partial charge in [-0.15, -0.1) is 11.8 Å². The second kappa shape index (κ2) is 6.07. The Bertz CT molecular complexity index is 389. The molecule has 1 saturated carbocycles. The lowest BCUT2D eigenvalue weighted by atomic mass is 10.3. The number of thioether (sulfide) groups is 1. The van der Waals surface area contributed by atoms with E-state index in [4.69, 9.17) is 5.11 Å². The number of amides is 1. The molecule has 0 aliphatic heterocycles. The largest absolute Gasteiger partial charge is 0.387 e. The van der Waals surface area contributed by atoms with Gasteiger partial charge in [-0.1, -0.05) is 25.0 Å². The zero-order chi connectivity index (χ0) is 12.1. The van der Waals surface area contributed by atoms with Crippen molar-refractivity contribution in [1.29, 1.82) is 0 Å². The van der Waals surface area contributed by atoms with Crippen LogP contribution in [0.25, 0.3) is 0 Å². The van der Waals surface area contributed by atoms with Gasteiger partial charge in [-0.05, 0) is 25.0 Å². The van der Waals surface area contributed by atoms with E-state index in [1.807, 2.05) is 36.0 Å². The highest BCUT2D eigenvalue weighted by atomic mass is 32.2. The molecule has 0 bridgehead atoms. The van der Waals surface area contributed by atoms with E-state index in [-0.39, 0.29) is 5.91 Å². The van der Waals surface area contributed by atoms with Crippen LogP contribution in [0.5, 0.6) is 0 Å². The third-order valence-electron chi connectivity index (χ3n) is 2.90. The number of carbonyl (C=O) groups is 1. The number of hydrogen-bond donors (Lipinski definition) is 2. The molecular weight excluding hydrogens is 234 g/mol. The zero-order valence-corrected chi connectivity index (χ0v) is 10.5. The number of carbonyl (C=O) groups excluding carboxylic acids is 1. The van der Waals surface area contributed by atoms with Gasteiger partial charge in [-0.3, -0.25) is 4.79 Å². The average molecular weight is 251 g/mol. The Labute approximate surface area is 106 Å². The van der Waals surface area contributed by atoms with Gasteiger partial charge in [0.2, 0.25) is 5.91 Å². The predicted molar refractivity (Wildman–Crippen MR) is 70.3 cm³/mol. The number of benzene rings is 1. The highest BCUT2D eigenvalue weighted by Gasteiger charge is 2.17. The molecule has 0 spiro atoms. The predicted octanol–water partition coefficient (Wildman–Crippen LogP) is 2.65. The normalized spacial score (nSPS) is 16.1. The number of anilines is 1. The summed E-state index contributed by atoms with van der Waals surface area (Å²) in [6.07, 6.45) is 5.13. The number of para-hydroxylation sites is 1. The quantitative estimate of drug-likeness (QED) is 0.865. The summed E-state index contributed by atoms with van der Waals surface area (Å²) in [4.78, 5) is 12.3. The highest BCUT2D eigenvalue weighted by molar-refractivity contribution is 8.00. The maximum Gasteiger partial charge on any atom is 0.250 e. The van der Waals surface area contributed by atoms with Crippen LogP contribution in [0, 0.1) is 0 Å². The summed E-state index contributed by atoms with van der Waals surface area (Å²) >= 11 is 1.83. The van der Waals surface area contributed by atoms with Crippen LogP contribution in [0.15, 0.2) is 29.2 Å². The molecule has 1 aliphatic rings. The Morgan fingerprint density at radius 1 is 1.35 bits per heavy atom. The topological polar surface area (TPSA) is 49.3 Å². The van der Waals surface area contributed by atoms with Crippen LogP contribution in [-0.4, -0.2) is 22.9 Å². The number of hydrogen-bond acceptors (Lipinski definition) is 3. The summed E-state index contributed by atoms with van der Waals surface area (Å²) < 4.78 is 0. The fraction of sp³-hybridized carbons (Fsp3) is 0.462. The monoisotopic (exact) mass is 251 g/mol. The maximum atomic E-state index is 11.2. The SMILES string of the molecule is O=C(CO)Nc1ccccc1SC1CCCC1. The second-order valence-corrected chi connectivity index (χ2v) is 5.57. The molecule has 1 aromatic carbocycles. The molecule has 0 radical (unpaired) electrons. The van der Waals surface area contributed by atoms with E-state index in [1.165, 1.54) is 25.7 Å². The second-order valence-electron chi connectivity index (χ2n) is 4.23. The van der Waals surface area contributed by atoms with E-state index < -0.39 is 6.61 Å². The molecule has 1 aromatic rings. The first-order valence-electron chi connectivity index (χ1n) is 5.96. The van der Waals surface area contributed by atoms with Gasteiger partial charge in [0.1, 0.15) is 6.61 Å². The third kappa shape index (κ3) is 3.48. The van der Waals surface area contributed by atoms with Gasteiger partial charge in [0.15, 0.2) is 0 Å². The fourth-order valence-electron chi connectivity index (χ4n) is 2.05.